The molecule has 1 aromatic heterocycles. The summed E-state index contributed by atoms with van der Waals surface area (Å²) in [6, 6.07) is 6.85. The van der Waals surface area contributed by atoms with Gasteiger partial charge in [-0.2, -0.15) is 0 Å². The lowest BCUT2D eigenvalue weighted by atomic mass is 10.2. The van der Waals surface area contributed by atoms with Crippen LogP contribution in [-0.4, -0.2) is 35.3 Å². The molecule has 2 aromatic rings. The SMILES string of the molecule is CC(=O)Nc1cccc(C(=O)Nc2nc3c(s2)CN(C)CC3)c1. The zero-order valence-electron chi connectivity index (χ0n) is 13.0. The van der Waals surface area contributed by atoms with Crippen molar-refractivity contribution in [1.82, 2.24) is 9.88 Å². The molecule has 0 saturated heterocycles. The second kappa shape index (κ2) is 6.47. The average Bonchev–Trinajstić information content (AvgIpc) is 2.88. The second-order valence-corrected chi connectivity index (χ2v) is 6.68. The van der Waals surface area contributed by atoms with E-state index in [0.717, 1.165) is 25.2 Å². The Morgan fingerprint density at radius 2 is 2.13 bits per heavy atom. The van der Waals surface area contributed by atoms with Crippen LogP contribution in [0.2, 0.25) is 0 Å². The van der Waals surface area contributed by atoms with Crippen molar-refractivity contribution < 1.29 is 9.59 Å². The maximum Gasteiger partial charge on any atom is 0.257 e. The lowest BCUT2D eigenvalue weighted by Crippen LogP contribution is -2.25. The van der Waals surface area contributed by atoms with E-state index >= 15 is 0 Å². The van der Waals surface area contributed by atoms with Gasteiger partial charge in [-0.1, -0.05) is 6.07 Å². The molecule has 7 heteroatoms. The normalized spacial score (nSPS) is 14.2. The van der Waals surface area contributed by atoms with E-state index in [-0.39, 0.29) is 11.8 Å². The van der Waals surface area contributed by atoms with Gasteiger partial charge < -0.3 is 10.2 Å². The Bertz CT molecular complexity index is 756. The van der Waals surface area contributed by atoms with E-state index in [2.05, 4.69) is 27.6 Å². The Hall–Kier alpha value is -2.25. The van der Waals surface area contributed by atoms with E-state index < -0.39 is 0 Å². The molecule has 23 heavy (non-hydrogen) atoms. The fourth-order valence-electron chi connectivity index (χ4n) is 2.49. The molecule has 0 spiro atoms. The van der Waals surface area contributed by atoms with Crippen molar-refractivity contribution in [2.45, 2.75) is 19.9 Å². The van der Waals surface area contributed by atoms with Gasteiger partial charge in [-0.3, -0.25) is 14.9 Å². The number of benzene rings is 1. The van der Waals surface area contributed by atoms with Crippen LogP contribution in [0.4, 0.5) is 10.8 Å². The number of carbonyl (C=O) groups excluding carboxylic acids is 2. The van der Waals surface area contributed by atoms with Crippen molar-refractivity contribution in [3.63, 3.8) is 0 Å². The minimum atomic E-state index is -0.225. The number of aromatic nitrogens is 1. The van der Waals surface area contributed by atoms with Crippen LogP contribution < -0.4 is 10.6 Å². The smallest absolute Gasteiger partial charge is 0.257 e. The van der Waals surface area contributed by atoms with E-state index in [9.17, 15) is 9.59 Å². The summed E-state index contributed by atoms with van der Waals surface area (Å²) in [7, 11) is 2.08. The number of likely N-dealkylation sites (N-methyl/N-ethyl adjacent to an activating group) is 1. The number of carbonyl (C=O) groups is 2. The Morgan fingerprint density at radius 1 is 1.30 bits per heavy atom. The van der Waals surface area contributed by atoms with Crippen LogP contribution in [0.3, 0.4) is 0 Å². The molecule has 0 atom stereocenters. The number of thiazole rings is 1. The van der Waals surface area contributed by atoms with Crippen LogP contribution in [0, 0.1) is 0 Å². The number of anilines is 2. The van der Waals surface area contributed by atoms with Gasteiger partial charge in [0.1, 0.15) is 0 Å². The van der Waals surface area contributed by atoms with Crippen molar-refractivity contribution in [2.24, 2.45) is 0 Å². The van der Waals surface area contributed by atoms with Gasteiger partial charge in [0.25, 0.3) is 5.91 Å². The average molecular weight is 330 g/mol. The minimum Gasteiger partial charge on any atom is -0.326 e. The summed E-state index contributed by atoms with van der Waals surface area (Å²) < 4.78 is 0. The molecule has 1 aliphatic heterocycles. The van der Waals surface area contributed by atoms with Crippen molar-refractivity contribution >= 4 is 34.0 Å². The maximum absolute atomic E-state index is 12.4. The molecule has 0 aliphatic carbocycles. The van der Waals surface area contributed by atoms with Crippen molar-refractivity contribution in [3.05, 3.63) is 40.4 Å². The fourth-order valence-corrected chi connectivity index (χ4v) is 3.57. The summed E-state index contributed by atoms with van der Waals surface area (Å²) in [4.78, 5) is 31.4. The van der Waals surface area contributed by atoms with Gasteiger partial charge in [-0.25, -0.2) is 4.98 Å². The molecular formula is C16H18N4O2S. The van der Waals surface area contributed by atoms with Gasteiger partial charge in [0.2, 0.25) is 5.91 Å². The number of rotatable bonds is 3. The Labute approximate surface area is 138 Å². The summed E-state index contributed by atoms with van der Waals surface area (Å²) in [5.74, 6) is -0.393. The second-order valence-electron chi connectivity index (χ2n) is 5.59. The Morgan fingerprint density at radius 3 is 2.91 bits per heavy atom. The quantitative estimate of drug-likeness (QED) is 0.906. The van der Waals surface area contributed by atoms with Gasteiger partial charge in [0, 0.05) is 42.6 Å². The summed E-state index contributed by atoms with van der Waals surface area (Å²) >= 11 is 1.52. The molecule has 3 rings (SSSR count). The number of hydrogen-bond donors (Lipinski definition) is 2. The van der Waals surface area contributed by atoms with Crippen LogP contribution >= 0.6 is 11.3 Å². The molecule has 1 aromatic carbocycles. The summed E-state index contributed by atoms with van der Waals surface area (Å²) in [5.41, 5.74) is 2.17. The highest BCUT2D eigenvalue weighted by atomic mass is 32.1. The third-order valence-corrected chi connectivity index (χ3v) is 4.59. The first-order valence-corrected chi connectivity index (χ1v) is 8.19. The van der Waals surface area contributed by atoms with E-state index in [0.29, 0.717) is 16.4 Å². The van der Waals surface area contributed by atoms with Crippen LogP contribution in [0.15, 0.2) is 24.3 Å². The van der Waals surface area contributed by atoms with E-state index in [1.54, 1.807) is 24.3 Å². The molecular weight excluding hydrogens is 312 g/mol. The zero-order valence-corrected chi connectivity index (χ0v) is 13.9. The first kappa shape index (κ1) is 15.6. The molecule has 2 N–H and O–H groups in total. The highest BCUT2D eigenvalue weighted by molar-refractivity contribution is 7.15. The number of amides is 2. The van der Waals surface area contributed by atoms with Gasteiger partial charge in [-0.15, -0.1) is 11.3 Å². The summed E-state index contributed by atoms with van der Waals surface area (Å²) in [6.45, 7) is 3.30. The molecule has 0 saturated carbocycles. The Balaban J connectivity index is 1.73. The predicted octanol–water partition coefficient (Wildman–Crippen LogP) is 2.34. The molecule has 0 unspecified atom stereocenters. The summed E-state index contributed by atoms with van der Waals surface area (Å²) in [6.07, 6.45) is 0.913. The molecule has 120 valence electrons. The van der Waals surface area contributed by atoms with Gasteiger partial charge in [-0.05, 0) is 25.2 Å². The van der Waals surface area contributed by atoms with Crippen molar-refractivity contribution in [2.75, 3.05) is 24.2 Å². The first-order valence-electron chi connectivity index (χ1n) is 7.37. The first-order chi connectivity index (χ1) is 11.0. The van der Waals surface area contributed by atoms with Crippen LogP contribution in [-0.2, 0) is 17.8 Å². The van der Waals surface area contributed by atoms with Crippen molar-refractivity contribution in [1.29, 1.82) is 0 Å². The largest absolute Gasteiger partial charge is 0.326 e. The third kappa shape index (κ3) is 3.75. The maximum atomic E-state index is 12.4. The summed E-state index contributed by atoms with van der Waals surface area (Å²) in [5, 5.41) is 6.14. The van der Waals surface area contributed by atoms with Gasteiger partial charge >= 0.3 is 0 Å². The molecule has 6 nitrogen and oxygen atoms in total. The van der Waals surface area contributed by atoms with E-state index in [4.69, 9.17) is 0 Å². The molecule has 2 heterocycles. The molecule has 2 amide bonds. The van der Waals surface area contributed by atoms with Crippen molar-refractivity contribution in [3.8, 4) is 0 Å². The minimum absolute atomic E-state index is 0.167. The predicted molar refractivity (Wildman–Crippen MR) is 90.9 cm³/mol. The lowest BCUT2D eigenvalue weighted by molar-refractivity contribution is -0.114. The van der Waals surface area contributed by atoms with Crippen LogP contribution in [0.5, 0.6) is 0 Å². The number of nitrogens with one attached hydrogen (secondary N) is 2. The van der Waals surface area contributed by atoms with Gasteiger partial charge in [0.15, 0.2) is 5.13 Å². The molecule has 0 radical (unpaired) electrons. The molecule has 0 fully saturated rings. The topological polar surface area (TPSA) is 74.3 Å². The monoisotopic (exact) mass is 330 g/mol. The lowest BCUT2D eigenvalue weighted by Gasteiger charge is -2.20. The highest BCUT2D eigenvalue weighted by Gasteiger charge is 2.19. The van der Waals surface area contributed by atoms with Crippen LogP contribution in [0.25, 0.3) is 0 Å². The molecule has 0 bridgehead atoms. The van der Waals surface area contributed by atoms with Crippen LogP contribution in [0.1, 0.15) is 27.9 Å². The highest BCUT2D eigenvalue weighted by Crippen LogP contribution is 2.28. The zero-order chi connectivity index (χ0) is 16.4. The molecule has 1 aliphatic rings. The third-order valence-electron chi connectivity index (χ3n) is 3.59. The van der Waals surface area contributed by atoms with E-state index in [1.165, 1.54) is 23.1 Å². The number of fused-ring (bicyclic) bond motifs is 1. The number of hydrogen-bond acceptors (Lipinski definition) is 5. The number of nitrogens with zero attached hydrogens (tertiary/aromatic N) is 2. The fraction of sp³-hybridized carbons (Fsp3) is 0.312. The Kier molecular flexibility index (Phi) is 4.40. The van der Waals surface area contributed by atoms with Gasteiger partial charge in [0.05, 0.1) is 5.69 Å². The standard InChI is InChI=1S/C16H18N4O2S/c1-10(21)17-12-5-3-4-11(8-12)15(22)19-16-18-13-6-7-20(2)9-14(13)23-16/h3-5,8H,6-7,9H2,1-2H3,(H,17,21)(H,18,19,22). The van der Waals surface area contributed by atoms with E-state index in [1.807, 2.05) is 0 Å².